The molecule has 0 atom stereocenters. The summed E-state index contributed by atoms with van der Waals surface area (Å²) < 4.78 is 1.99. The number of nitrogens with zero attached hydrogens (tertiary/aromatic N) is 1. The Morgan fingerprint density at radius 1 is 1.00 bits per heavy atom. The van der Waals surface area contributed by atoms with Crippen LogP contribution in [0.5, 0.6) is 0 Å². The maximum absolute atomic E-state index is 8.92. The standard InChI is InChI=1S/C13H6Cl2INSe/c14-8-3-1-5-10(16)12(8)13-9(15)4-2-6-11(13)18-7-17/h1-6H. The van der Waals surface area contributed by atoms with E-state index in [0.717, 1.165) is 19.2 Å². The van der Waals surface area contributed by atoms with Crippen molar-refractivity contribution < 1.29 is 0 Å². The Morgan fingerprint density at radius 2 is 1.61 bits per heavy atom. The molecule has 0 spiro atoms. The van der Waals surface area contributed by atoms with E-state index in [4.69, 9.17) is 28.5 Å². The van der Waals surface area contributed by atoms with Crippen molar-refractivity contribution in [1.29, 1.82) is 5.26 Å². The molecular weight excluding hydrogens is 447 g/mol. The van der Waals surface area contributed by atoms with Gasteiger partial charge in [0.2, 0.25) is 0 Å². The number of hydrogen-bond acceptors (Lipinski definition) is 1. The van der Waals surface area contributed by atoms with Gasteiger partial charge in [0.15, 0.2) is 0 Å². The van der Waals surface area contributed by atoms with Gasteiger partial charge in [0, 0.05) is 0 Å². The van der Waals surface area contributed by atoms with Gasteiger partial charge < -0.3 is 0 Å². The molecule has 18 heavy (non-hydrogen) atoms. The van der Waals surface area contributed by atoms with E-state index >= 15 is 0 Å². The molecule has 90 valence electrons. The van der Waals surface area contributed by atoms with E-state index in [1.165, 1.54) is 0 Å². The van der Waals surface area contributed by atoms with E-state index in [9.17, 15) is 0 Å². The molecule has 0 amide bonds. The van der Waals surface area contributed by atoms with Crippen LogP contribution >= 0.6 is 45.8 Å². The zero-order valence-electron chi connectivity index (χ0n) is 8.95. The van der Waals surface area contributed by atoms with Crippen LogP contribution in [0.3, 0.4) is 0 Å². The fourth-order valence-electron chi connectivity index (χ4n) is 1.62. The first-order valence-corrected chi connectivity index (χ1v) is 8.48. The van der Waals surface area contributed by atoms with Crippen LogP contribution in [0.4, 0.5) is 0 Å². The summed E-state index contributed by atoms with van der Waals surface area (Å²) in [6, 6.07) is 11.3. The minimum atomic E-state index is -0.261. The van der Waals surface area contributed by atoms with Gasteiger partial charge in [0.1, 0.15) is 0 Å². The third-order valence-corrected chi connectivity index (χ3v) is 5.24. The van der Waals surface area contributed by atoms with Crippen LogP contribution in [0.2, 0.25) is 10.0 Å². The average Bonchev–Trinajstić information content (AvgIpc) is 2.32. The van der Waals surface area contributed by atoms with Gasteiger partial charge in [-0.05, 0) is 0 Å². The number of hydrogen-bond donors (Lipinski definition) is 0. The number of benzene rings is 2. The van der Waals surface area contributed by atoms with Crippen molar-refractivity contribution in [1.82, 2.24) is 0 Å². The fourth-order valence-corrected chi connectivity index (χ4v) is 4.38. The number of rotatable bonds is 2. The molecule has 1 nitrogen and oxygen atoms in total. The molecule has 0 aliphatic heterocycles. The van der Waals surface area contributed by atoms with Crippen LogP contribution in [-0.2, 0) is 0 Å². The predicted octanol–water partition coefficient (Wildman–Crippen LogP) is 4.08. The molecule has 0 unspecified atom stereocenters. The Labute approximate surface area is 135 Å². The Balaban J connectivity index is 2.75. The molecule has 0 N–H and O–H groups in total. The Bertz CT molecular complexity index is 617. The van der Waals surface area contributed by atoms with Gasteiger partial charge in [-0.1, -0.05) is 0 Å². The van der Waals surface area contributed by atoms with Crippen LogP contribution < -0.4 is 4.46 Å². The first-order chi connectivity index (χ1) is 8.65. The average molecular weight is 453 g/mol. The molecule has 5 heteroatoms. The van der Waals surface area contributed by atoms with Crippen LogP contribution in [0.1, 0.15) is 0 Å². The maximum atomic E-state index is 8.92. The summed E-state index contributed by atoms with van der Waals surface area (Å²) in [7, 11) is 0. The van der Waals surface area contributed by atoms with Crippen molar-refractivity contribution in [2.75, 3.05) is 0 Å². The van der Waals surface area contributed by atoms with E-state index in [1.54, 1.807) is 0 Å². The summed E-state index contributed by atoms with van der Waals surface area (Å²) in [5.41, 5.74) is 1.80. The molecule has 0 heterocycles. The van der Waals surface area contributed by atoms with Gasteiger partial charge in [0.05, 0.1) is 0 Å². The summed E-state index contributed by atoms with van der Waals surface area (Å²) in [5, 5.41) is 10.2. The van der Waals surface area contributed by atoms with Crippen molar-refractivity contribution >= 4 is 65.2 Å². The summed E-state index contributed by atoms with van der Waals surface area (Å²) in [6.07, 6.45) is 0. The quantitative estimate of drug-likeness (QED) is 0.497. The van der Waals surface area contributed by atoms with E-state index in [0.29, 0.717) is 10.0 Å². The molecule has 0 aliphatic rings. The molecule has 0 aliphatic carbocycles. The first-order valence-electron chi connectivity index (χ1n) is 4.94. The fraction of sp³-hybridized carbons (Fsp3) is 0. The molecule has 0 saturated heterocycles. The summed E-state index contributed by atoms with van der Waals surface area (Å²) in [4.78, 5) is 2.22. The molecule has 0 bridgehead atoms. The SMILES string of the molecule is N#C[Se]c1cccc(Cl)c1-c1c(Cl)cccc1I. The molecule has 2 aromatic carbocycles. The van der Waals surface area contributed by atoms with E-state index in [1.807, 2.05) is 36.4 Å². The second kappa shape index (κ2) is 6.27. The molecule has 0 radical (unpaired) electrons. The normalized spacial score (nSPS) is 10.1. The molecule has 2 rings (SSSR count). The second-order valence-corrected chi connectivity index (χ2v) is 7.11. The van der Waals surface area contributed by atoms with Gasteiger partial charge in [-0.15, -0.1) is 0 Å². The Morgan fingerprint density at radius 3 is 2.22 bits per heavy atom. The second-order valence-electron chi connectivity index (χ2n) is 3.40. The van der Waals surface area contributed by atoms with Crippen molar-refractivity contribution in [3.8, 4) is 16.1 Å². The number of nitriles is 1. The first kappa shape index (κ1) is 14.2. The zero-order chi connectivity index (χ0) is 13.1. The van der Waals surface area contributed by atoms with Gasteiger partial charge in [-0.2, -0.15) is 0 Å². The Kier molecular flexibility index (Phi) is 4.94. The van der Waals surface area contributed by atoms with Crippen molar-refractivity contribution in [3.63, 3.8) is 0 Å². The van der Waals surface area contributed by atoms with Crippen LogP contribution in [0, 0.1) is 13.8 Å². The summed E-state index contributed by atoms with van der Waals surface area (Å²) in [6.45, 7) is 0. The van der Waals surface area contributed by atoms with Crippen LogP contribution in [-0.4, -0.2) is 15.0 Å². The molecule has 2 aromatic rings. The monoisotopic (exact) mass is 453 g/mol. The summed E-state index contributed by atoms with van der Waals surface area (Å²) in [5.74, 6) is 0. The Hall–Kier alpha value is -0.241. The van der Waals surface area contributed by atoms with Crippen LogP contribution in [0.25, 0.3) is 11.1 Å². The topological polar surface area (TPSA) is 23.8 Å². The van der Waals surface area contributed by atoms with Crippen molar-refractivity contribution in [2.45, 2.75) is 0 Å². The summed E-state index contributed by atoms with van der Waals surface area (Å²) >= 11 is 14.5. The van der Waals surface area contributed by atoms with Gasteiger partial charge in [0.25, 0.3) is 0 Å². The number of halogens is 3. The predicted molar refractivity (Wildman–Crippen MR) is 85.6 cm³/mol. The zero-order valence-corrected chi connectivity index (χ0v) is 14.3. The van der Waals surface area contributed by atoms with E-state index < -0.39 is 0 Å². The van der Waals surface area contributed by atoms with Gasteiger partial charge in [-0.3, -0.25) is 0 Å². The van der Waals surface area contributed by atoms with E-state index in [-0.39, 0.29) is 15.0 Å². The molecule has 0 aromatic heterocycles. The van der Waals surface area contributed by atoms with Gasteiger partial charge >= 0.3 is 137 Å². The van der Waals surface area contributed by atoms with Crippen molar-refractivity contribution in [2.24, 2.45) is 0 Å². The minimum absolute atomic E-state index is 0.261. The van der Waals surface area contributed by atoms with Crippen LogP contribution in [0.15, 0.2) is 36.4 Å². The third kappa shape index (κ3) is 2.84. The molecular formula is C13H6Cl2INSe. The molecule has 0 fully saturated rings. The van der Waals surface area contributed by atoms with Gasteiger partial charge in [-0.25, -0.2) is 0 Å². The van der Waals surface area contributed by atoms with E-state index in [2.05, 4.69) is 27.6 Å². The van der Waals surface area contributed by atoms with Crippen molar-refractivity contribution in [3.05, 3.63) is 50.0 Å². The molecule has 0 saturated carbocycles. The third-order valence-electron chi connectivity index (χ3n) is 2.34.